The standard InChI is InChI=1S/C13H24N4O2/c1-3-17-7-6-15-12(17)10-11(16-14)13(18-2)4-8-19-9-5-13/h6-7,11,16H,3-5,8-10,14H2,1-2H3. The SMILES string of the molecule is CCn1ccnc1CC(NN)C1(OC)CCOCC1. The number of nitrogens with zero attached hydrogens (tertiary/aromatic N) is 2. The van der Waals surface area contributed by atoms with Gasteiger partial charge < -0.3 is 14.0 Å². The summed E-state index contributed by atoms with van der Waals surface area (Å²) < 4.78 is 13.4. The molecule has 1 aromatic rings. The van der Waals surface area contributed by atoms with E-state index in [9.17, 15) is 0 Å². The molecule has 0 radical (unpaired) electrons. The van der Waals surface area contributed by atoms with Crippen LogP contribution in [0.25, 0.3) is 0 Å². The number of hydrogen-bond donors (Lipinski definition) is 2. The fourth-order valence-corrected chi connectivity index (χ4v) is 2.81. The molecule has 0 aliphatic carbocycles. The van der Waals surface area contributed by atoms with Crippen LogP contribution in [0.3, 0.4) is 0 Å². The third-order valence-corrected chi connectivity index (χ3v) is 4.11. The first kappa shape index (κ1) is 14.5. The summed E-state index contributed by atoms with van der Waals surface area (Å²) in [6.45, 7) is 4.45. The van der Waals surface area contributed by atoms with Crippen LogP contribution in [-0.4, -0.2) is 41.5 Å². The summed E-state index contributed by atoms with van der Waals surface area (Å²) in [6, 6.07) is 0.0362. The third-order valence-electron chi connectivity index (χ3n) is 4.11. The van der Waals surface area contributed by atoms with Gasteiger partial charge in [-0.2, -0.15) is 0 Å². The van der Waals surface area contributed by atoms with Gasteiger partial charge in [0.1, 0.15) is 5.82 Å². The number of hydrazine groups is 1. The number of hydrogen-bond acceptors (Lipinski definition) is 5. The second-order valence-corrected chi connectivity index (χ2v) is 4.93. The Bertz CT molecular complexity index is 388. The van der Waals surface area contributed by atoms with Crippen LogP contribution in [0.5, 0.6) is 0 Å². The second-order valence-electron chi connectivity index (χ2n) is 4.93. The molecule has 0 spiro atoms. The number of nitrogens with two attached hydrogens (primary N) is 1. The lowest BCUT2D eigenvalue weighted by molar-refractivity contribution is -0.110. The van der Waals surface area contributed by atoms with Gasteiger partial charge in [-0.3, -0.25) is 11.3 Å². The molecule has 0 aromatic carbocycles. The molecule has 1 fully saturated rings. The van der Waals surface area contributed by atoms with Gasteiger partial charge in [-0.05, 0) is 6.92 Å². The van der Waals surface area contributed by atoms with Crippen molar-refractivity contribution < 1.29 is 9.47 Å². The lowest BCUT2D eigenvalue weighted by Gasteiger charge is -2.41. The summed E-state index contributed by atoms with van der Waals surface area (Å²) in [4.78, 5) is 4.42. The van der Waals surface area contributed by atoms with Crippen molar-refractivity contribution in [3.8, 4) is 0 Å². The Morgan fingerprint density at radius 3 is 2.89 bits per heavy atom. The van der Waals surface area contributed by atoms with Crippen LogP contribution in [-0.2, 0) is 22.4 Å². The summed E-state index contributed by atoms with van der Waals surface area (Å²) in [6.07, 6.45) is 6.28. The summed E-state index contributed by atoms with van der Waals surface area (Å²) in [7, 11) is 1.75. The molecule has 108 valence electrons. The normalized spacial score (nSPS) is 20.4. The Kier molecular flexibility index (Phi) is 4.93. The minimum absolute atomic E-state index is 0.0362. The molecule has 2 heterocycles. The van der Waals surface area contributed by atoms with Crippen LogP contribution < -0.4 is 11.3 Å². The van der Waals surface area contributed by atoms with Crippen LogP contribution in [0.4, 0.5) is 0 Å². The molecule has 0 bridgehead atoms. The van der Waals surface area contributed by atoms with E-state index in [1.165, 1.54) is 0 Å². The van der Waals surface area contributed by atoms with Gasteiger partial charge in [-0.1, -0.05) is 0 Å². The maximum atomic E-state index is 5.79. The van der Waals surface area contributed by atoms with Crippen molar-refractivity contribution >= 4 is 0 Å². The molecular formula is C13H24N4O2. The number of imidazole rings is 1. The Morgan fingerprint density at radius 1 is 1.58 bits per heavy atom. The van der Waals surface area contributed by atoms with Crippen molar-refractivity contribution in [3.63, 3.8) is 0 Å². The van der Waals surface area contributed by atoms with Gasteiger partial charge in [0, 0.05) is 58.5 Å². The zero-order valence-corrected chi connectivity index (χ0v) is 11.8. The molecule has 1 unspecified atom stereocenters. The minimum Gasteiger partial charge on any atom is -0.381 e. The largest absolute Gasteiger partial charge is 0.381 e. The van der Waals surface area contributed by atoms with Crippen molar-refractivity contribution in [2.75, 3.05) is 20.3 Å². The minimum atomic E-state index is -0.266. The van der Waals surface area contributed by atoms with E-state index in [0.29, 0.717) is 13.2 Å². The number of nitrogens with one attached hydrogen (secondary N) is 1. The highest BCUT2D eigenvalue weighted by Gasteiger charge is 2.40. The van der Waals surface area contributed by atoms with Crippen molar-refractivity contribution in [3.05, 3.63) is 18.2 Å². The summed E-state index contributed by atoms with van der Waals surface area (Å²) >= 11 is 0. The van der Waals surface area contributed by atoms with Crippen molar-refractivity contribution in [2.45, 2.75) is 44.4 Å². The number of ether oxygens (including phenoxy) is 2. The molecule has 19 heavy (non-hydrogen) atoms. The molecule has 1 saturated heterocycles. The molecule has 1 aliphatic rings. The van der Waals surface area contributed by atoms with Gasteiger partial charge in [-0.25, -0.2) is 4.98 Å². The highest BCUT2D eigenvalue weighted by molar-refractivity contribution is 5.02. The van der Waals surface area contributed by atoms with Gasteiger partial charge in [0.15, 0.2) is 0 Å². The molecule has 2 rings (SSSR count). The van der Waals surface area contributed by atoms with E-state index < -0.39 is 0 Å². The van der Waals surface area contributed by atoms with E-state index in [1.54, 1.807) is 7.11 Å². The fourth-order valence-electron chi connectivity index (χ4n) is 2.81. The van der Waals surface area contributed by atoms with Gasteiger partial charge >= 0.3 is 0 Å². The Balaban J connectivity index is 2.14. The van der Waals surface area contributed by atoms with Crippen molar-refractivity contribution in [2.24, 2.45) is 5.84 Å². The topological polar surface area (TPSA) is 74.3 Å². The van der Waals surface area contributed by atoms with Crippen LogP contribution in [0.1, 0.15) is 25.6 Å². The van der Waals surface area contributed by atoms with Gasteiger partial charge in [0.25, 0.3) is 0 Å². The molecule has 3 N–H and O–H groups in total. The Labute approximate surface area is 114 Å². The smallest absolute Gasteiger partial charge is 0.110 e. The predicted octanol–water partition coefficient (Wildman–Crippen LogP) is 0.473. The second kappa shape index (κ2) is 6.47. The van der Waals surface area contributed by atoms with E-state index in [1.807, 2.05) is 12.4 Å². The van der Waals surface area contributed by atoms with E-state index in [0.717, 1.165) is 31.6 Å². The quantitative estimate of drug-likeness (QED) is 0.579. The van der Waals surface area contributed by atoms with E-state index in [2.05, 4.69) is 21.9 Å². The summed E-state index contributed by atoms with van der Waals surface area (Å²) in [5, 5.41) is 0. The van der Waals surface area contributed by atoms with Gasteiger partial charge in [0.2, 0.25) is 0 Å². The average molecular weight is 268 g/mol. The summed E-state index contributed by atoms with van der Waals surface area (Å²) in [5.41, 5.74) is 2.65. The Morgan fingerprint density at radius 2 is 2.32 bits per heavy atom. The van der Waals surface area contributed by atoms with Crippen molar-refractivity contribution in [1.29, 1.82) is 0 Å². The van der Waals surface area contributed by atoms with Crippen LogP contribution in [0.15, 0.2) is 12.4 Å². The molecule has 6 heteroatoms. The zero-order chi connectivity index (χ0) is 13.7. The molecular weight excluding hydrogens is 244 g/mol. The van der Waals surface area contributed by atoms with Crippen LogP contribution in [0.2, 0.25) is 0 Å². The number of aryl methyl sites for hydroxylation is 1. The van der Waals surface area contributed by atoms with E-state index in [4.69, 9.17) is 15.3 Å². The van der Waals surface area contributed by atoms with Crippen molar-refractivity contribution in [1.82, 2.24) is 15.0 Å². The van der Waals surface area contributed by atoms with Crippen LogP contribution in [0, 0.1) is 0 Å². The summed E-state index contributed by atoms with van der Waals surface area (Å²) in [5.74, 6) is 6.80. The van der Waals surface area contributed by atoms with Crippen LogP contribution >= 0.6 is 0 Å². The lowest BCUT2D eigenvalue weighted by Crippen LogP contribution is -2.58. The maximum Gasteiger partial charge on any atom is 0.110 e. The lowest BCUT2D eigenvalue weighted by atomic mass is 9.84. The number of aromatic nitrogens is 2. The molecule has 6 nitrogen and oxygen atoms in total. The molecule has 1 aliphatic heterocycles. The molecule has 0 saturated carbocycles. The number of rotatable bonds is 6. The Hall–Kier alpha value is -0.950. The van der Waals surface area contributed by atoms with E-state index in [-0.39, 0.29) is 11.6 Å². The maximum absolute atomic E-state index is 5.79. The molecule has 1 atom stereocenters. The highest BCUT2D eigenvalue weighted by Crippen LogP contribution is 2.29. The monoisotopic (exact) mass is 268 g/mol. The van der Waals surface area contributed by atoms with Gasteiger partial charge in [-0.15, -0.1) is 0 Å². The predicted molar refractivity (Wildman–Crippen MR) is 72.5 cm³/mol. The molecule has 1 aromatic heterocycles. The first-order valence-electron chi connectivity index (χ1n) is 6.84. The van der Waals surface area contributed by atoms with Gasteiger partial charge in [0.05, 0.1) is 11.6 Å². The number of methoxy groups -OCH3 is 1. The van der Waals surface area contributed by atoms with E-state index >= 15 is 0 Å². The highest BCUT2D eigenvalue weighted by atomic mass is 16.5. The molecule has 0 amide bonds. The third kappa shape index (κ3) is 2.97. The first-order chi connectivity index (χ1) is 9.25. The fraction of sp³-hybridized carbons (Fsp3) is 0.769. The average Bonchev–Trinajstić information content (AvgIpc) is 2.92. The zero-order valence-electron chi connectivity index (χ0n) is 11.8. The first-order valence-corrected chi connectivity index (χ1v) is 6.84.